The van der Waals surface area contributed by atoms with Gasteiger partial charge in [-0.3, -0.25) is 0 Å². The van der Waals surface area contributed by atoms with Crippen LogP contribution >= 0.6 is 23.4 Å². The van der Waals surface area contributed by atoms with Crippen molar-refractivity contribution < 1.29 is 8.42 Å². The third-order valence-electron chi connectivity index (χ3n) is 2.85. The van der Waals surface area contributed by atoms with Crippen LogP contribution in [0.15, 0.2) is 68.6 Å². The minimum absolute atomic E-state index is 0.0502. The summed E-state index contributed by atoms with van der Waals surface area (Å²) in [6.07, 6.45) is 0. The fourth-order valence-corrected chi connectivity index (χ4v) is 3.86. The van der Waals surface area contributed by atoms with Gasteiger partial charge in [0, 0.05) is 15.3 Å². The average Bonchev–Trinajstić information content (AvgIpc) is 2.50. The zero-order chi connectivity index (χ0) is 16.2. The highest BCUT2D eigenvalue weighted by Gasteiger charge is 2.20. The maximum atomic E-state index is 12.4. The maximum Gasteiger partial charge on any atom is 0.217 e. The van der Waals surface area contributed by atoms with Crippen LogP contribution in [0.5, 0.6) is 0 Å². The van der Waals surface area contributed by atoms with E-state index >= 15 is 0 Å². The second-order valence-corrected chi connectivity index (χ2v) is 7.78. The third kappa shape index (κ3) is 3.92. The van der Waals surface area contributed by atoms with Crippen LogP contribution in [0.3, 0.4) is 0 Å². The number of benzene rings is 2. The fourth-order valence-electron chi connectivity index (χ4n) is 1.63. The fraction of sp³-hybridized carbons (Fsp3) is 0.0625. The smallest absolute Gasteiger partial charge is 0.217 e. The SMILES string of the molecule is Cc1ccc(SC=C(C#N)S(=O)(=O)c2ccc(Cl)cc2)cc1. The molecule has 0 aliphatic heterocycles. The average molecular weight is 350 g/mol. The lowest BCUT2D eigenvalue weighted by Gasteiger charge is -2.03. The Morgan fingerprint density at radius 1 is 1.14 bits per heavy atom. The van der Waals surface area contributed by atoms with Crippen molar-refractivity contribution in [2.24, 2.45) is 0 Å². The van der Waals surface area contributed by atoms with E-state index in [2.05, 4.69) is 0 Å². The van der Waals surface area contributed by atoms with Gasteiger partial charge in [-0.25, -0.2) is 8.42 Å². The molecule has 0 aliphatic carbocycles. The Bertz CT molecular complexity index is 833. The number of halogens is 1. The number of aryl methyl sites for hydroxylation is 1. The Morgan fingerprint density at radius 2 is 1.73 bits per heavy atom. The number of hydrogen-bond donors (Lipinski definition) is 0. The molecule has 2 aromatic rings. The normalized spacial score (nSPS) is 12.0. The van der Waals surface area contributed by atoms with Crippen molar-refractivity contribution in [3.05, 3.63) is 69.4 Å². The molecule has 0 atom stereocenters. The molecule has 22 heavy (non-hydrogen) atoms. The van der Waals surface area contributed by atoms with Crippen LogP contribution in [0.25, 0.3) is 0 Å². The number of nitriles is 1. The predicted molar refractivity (Wildman–Crippen MR) is 89.4 cm³/mol. The number of nitrogens with zero attached hydrogens (tertiary/aromatic N) is 1. The number of allylic oxidation sites excluding steroid dienone is 1. The van der Waals surface area contributed by atoms with Crippen LogP contribution in [-0.2, 0) is 9.84 Å². The molecule has 0 aromatic heterocycles. The van der Waals surface area contributed by atoms with Gasteiger partial charge in [0.05, 0.1) is 4.90 Å². The minimum atomic E-state index is -3.83. The molecule has 0 bridgehead atoms. The molecule has 0 N–H and O–H groups in total. The number of thioether (sulfide) groups is 1. The molecule has 112 valence electrons. The van der Waals surface area contributed by atoms with E-state index in [1.54, 1.807) is 6.07 Å². The van der Waals surface area contributed by atoms with E-state index in [0.717, 1.165) is 10.5 Å². The molecule has 0 aliphatic rings. The van der Waals surface area contributed by atoms with Crippen LogP contribution in [0, 0.1) is 18.3 Å². The van der Waals surface area contributed by atoms with Crippen LogP contribution < -0.4 is 0 Å². The van der Waals surface area contributed by atoms with Gasteiger partial charge in [0.1, 0.15) is 6.07 Å². The molecular weight excluding hydrogens is 338 g/mol. The first-order valence-electron chi connectivity index (χ1n) is 6.28. The highest BCUT2D eigenvalue weighted by molar-refractivity contribution is 8.03. The first kappa shape index (κ1) is 16.6. The molecule has 0 fully saturated rings. The van der Waals surface area contributed by atoms with Crippen molar-refractivity contribution in [2.75, 3.05) is 0 Å². The largest absolute Gasteiger partial charge is 0.218 e. The van der Waals surface area contributed by atoms with Crippen molar-refractivity contribution in [3.63, 3.8) is 0 Å². The van der Waals surface area contributed by atoms with Gasteiger partial charge in [0.25, 0.3) is 0 Å². The van der Waals surface area contributed by atoms with Gasteiger partial charge >= 0.3 is 0 Å². The lowest BCUT2D eigenvalue weighted by Crippen LogP contribution is -2.03. The standard InChI is InChI=1S/C16H12ClNO2S2/c1-12-2-6-14(7-3-12)21-11-16(10-18)22(19,20)15-8-4-13(17)5-9-15/h2-9,11H,1H3. The topological polar surface area (TPSA) is 57.9 Å². The second kappa shape index (κ2) is 7.01. The summed E-state index contributed by atoms with van der Waals surface area (Å²) in [7, 11) is -3.83. The van der Waals surface area contributed by atoms with E-state index in [0.29, 0.717) is 5.02 Å². The molecule has 2 aromatic carbocycles. The summed E-state index contributed by atoms with van der Waals surface area (Å²) in [4.78, 5) is 0.624. The zero-order valence-corrected chi connectivity index (χ0v) is 14.0. The Morgan fingerprint density at radius 3 is 2.27 bits per heavy atom. The van der Waals surface area contributed by atoms with E-state index in [9.17, 15) is 8.42 Å². The van der Waals surface area contributed by atoms with Crippen LogP contribution in [0.2, 0.25) is 5.02 Å². The van der Waals surface area contributed by atoms with E-state index in [1.165, 1.54) is 41.4 Å². The summed E-state index contributed by atoms with van der Waals surface area (Å²) in [6.45, 7) is 1.97. The van der Waals surface area contributed by atoms with Gasteiger partial charge in [-0.15, -0.1) is 0 Å². The van der Waals surface area contributed by atoms with E-state index in [-0.39, 0.29) is 9.80 Å². The van der Waals surface area contributed by atoms with E-state index in [1.807, 2.05) is 31.2 Å². The first-order valence-corrected chi connectivity index (χ1v) is 9.02. The molecule has 0 heterocycles. The Balaban J connectivity index is 2.30. The third-order valence-corrected chi connectivity index (χ3v) is 5.83. The summed E-state index contributed by atoms with van der Waals surface area (Å²) in [5.74, 6) is 0. The number of sulfone groups is 1. The summed E-state index contributed by atoms with van der Waals surface area (Å²) in [5, 5.41) is 11.0. The van der Waals surface area contributed by atoms with Crippen LogP contribution in [0.4, 0.5) is 0 Å². The summed E-state index contributed by atoms with van der Waals surface area (Å²) in [6, 6.07) is 15.1. The Kier molecular flexibility index (Phi) is 5.30. The monoisotopic (exact) mass is 349 g/mol. The molecule has 0 amide bonds. The van der Waals surface area contributed by atoms with Crippen molar-refractivity contribution >= 4 is 33.2 Å². The van der Waals surface area contributed by atoms with Gasteiger partial charge in [-0.2, -0.15) is 5.26 Å². The van der Waals surface area contributed by atoms with Gasteiger partial charge in [-0.1, -0.05) is 41.1 Å². The molecular formula is C16H12ClNO2S2. The first-order chi connectivity index (χ1) is 10.4. The molecule has 6 heteroatoms. The highest BCUT2D eigenvalue weighted by Crippen LogP contribution is 2.26. The molecule has 0 spiro atoms. The molecule has 0 radical (unpaired) electrons. The molecule has 0 saturated heterocycles. The summed E-state index contributed by atoms with van der Waals surface area (Å²) in [5.41, 5.74) is 1.11. The lowest BCUT2D eigenvalue weighted by molar-refractivity contribution is 0.603. The molecule has 0 unspecified atom stereocenters. The quantitative estimate of drug-likeness (QED) is 0.598. The van der Waals surface area contributed by atoms with E-state index in [4.69, 9.17) is 16.9 Å². The van der Waals surface area contributed by atoms with Crippen molar-refractivity contribution in [1.29, 1.82) is 5.26 Å². The molecule has 2 rings (SSSR count). The molecule has 3 nitrogen and oxygen atoms in total. The summed E-state index contributed by atoms with van der Waals surface area (Å²) < 4.78 is 24.8. The van der Waals surface area contributed by atoms with Crippen LogP contribution in [-0.4, -0.2) is 8.42 Å². The maximum absolute atomic E-state index is 12.4. The lowest BCUT2D eigenvalue weighted by atomic mass is 10.2. The van der Waals surface area contributed by atoms with Gasteiger partial charge in [0.2, 0.25) is 9.84 Å². The van der Waals surface area contributed by atoms with Gasteiger partial charge in [0.15, 0.2) is 4.91 Å². The van der Waals surface area contributed by atoms with Gasteiger partial charge < -0.3 is 0 Å². The highest BCUT2D eigenvalue weighted by atomic mass is 35.5. The van der Waals surface area contributed by atoms with Crippen molar-refractivity contribution in [1.82, 2.24) is 0 Å². The number of hydrogen-bond acceptors (Lipinski definition) is 4. The minimum Gasteiger partial charge on any atom is -0.218 e. The zero-order valence-electron chi connectivity index (χ0n) is 11.7. The number of rotatable bonds is 4. The van der Waals surface area contributed by atoms with Gasteiger partial charge in [-0.05, 0) is 43.3 Å². The molecule has 0 saturated carbocycles. The summed E-state index contributed by atoms with van der Waals surface area (Å²) >= 11 is 6.95. The van der Waals surface area contributed by atoms with E-state index < -0.39 is 9.84 Å². The van der Waals surface area contributed by atoms with Crippen molar-refractivity contribution in [3.8, 4) is 6.07 Å². The predicted octanol–water partition coefficient (Wildman–Crippen LogP) is 4.58. The van der Waals surface area contributed by atoms with Crippen LogP contribution in [0.1, 0.15) is 5.56 Å². The Hall–Kier alpha value is -1.74. The second-order valence-electron chi connectivity index (χ2n) is 4.48. The Labute approximate surface area is 139 Å². The van der Waals surface area contributed by atoms with Crippen molar-refractivity contribution in [2.45, 2.75) is 16.7 Å².